The summed E-state index contributed by atoms with van der Waals surface area (Å²) in [5.74, 6) is 0.501. The monoisotopic (exact) mass is 188 g/mol. The fraction of sp³-hybridized carbons (Fsp3) is 0.417. The summed E-state index contributed by atoms with van der Waals surface area (Å²) in [5.41, 5.74) is 3.41. The summed E-state index contributed by atoms with van der Waals surface area (Å²) in [6.07, 6.45) is 2.12. The maximum atomic E-state index is 8.82. The lowest BCUT2D eigenvalue weighted by Gasteiger charge is -2.15. The van der Waals surface area contributed by atoms with Crippen LogP contribution in [0.3, 0.4) is 0 Å². The van der Waals surface area contributed by atoms with Gasteiger partial charge in [0.05, 0.1) is 5.69 Å². The zero-order valence-electron chi connectivity index (χ0n) is 9.20. The van der Waals surface area contributed by atoms with Gasteiger partial charge in [-0.05, 0) is 30.0 Å². The molecule has 2 heteroatoms. The number of aryl methyl sites for hydroxylation is 1. The number of nitriles is 1. The van der Waals surface area contributed by atoms with Gasteiger partial charge in [-0.3, -0.25) is 4.90 Å². The third kappa shape index (κ3) is 2.05. The third-order valence-corrected chi connectivity index (χ3v) is 2.41. The van der Waals surface area contributed by atoms with Gasteiger partial charge in [-0.2, -0.15) is 5.26 Å². The van der Waals surface area contributed by atoms with Crippen molar-refractivity contribution in [1.82, 2.24) is 0 Å². The summed E-state index contributed by atoms with van der Waals surface area (Å²) in [5, 5.41) is 8.82. The lowest BCUT2D eigenvalue weighted by atomic mass is 10.0. The van der Waals surface area contributed by atoms with Crippen molar-refractivity contribution in [3.05, 3.63) is 29.3 Å². The van der Waals surface area contributed by atoms with E-state index in [2.05, 4.69) is 38.2 Å². The predicted octanol–water partition coefficient (Wildman–Crippen LogP) is 3.04. The SMILES string of the molecule is Cc1ccc(C(C)C)cc1N(C)C#N. The molecule has 0 heterocycles. The highest BCUT2D eigenvalue weighted by molar-refractivity contribution is 5.57. The lowest BCUT2D eigenvalue weighted by Crippen LogP contribution is -2.10. The maximum Gasteiger partial charge on any atom is 0.184 e. The van der Waals surface area contributed by atoms with E-state index >= 15 is 0 Å². The minimum atomic E-state index is 0.501. The quantitative estimate of drug-likeness (QED) is 0.527. The van der Waals surface area contributed by atoms with Gasteiger partial charge in [0.25, 0.3) is 0 Å². The van der Waals surface area contributed by atoms with Gasteiger partial charge >= 0.3 is 0 Å². The van der Waals surface area contributed by atoms with Crippen LogP contribution in [-0.2, 0) is 0 Å². The topological polar surface area (TPSA) is 27.0 Å². The molecule has 0 aliphatic heterocycles. The van der Waals surface area contributed by atoms with Crippen LogP contribution in [-0.4, -0.2) is 7.05 Å². The van der Waals surface area contributed by atoms with Gasteiger partial charge in [-0.1, -0.05) is 26.0 Å². The van der Waals surface area contributed by atoms with Crippen molar-refractivity contribution < 1.29 is 0 Å². The number of hydrogen-bond acceptors (Lipinski definition) is 2. The van der Waals surface area contributed by atoms with Crippen LogP contribution in [0.4, 0.5) is 5.69 Å². The average Bonchev–Trinajstić information content (AvgIpc) is 2.17. The molecule has 0 amide bonds. The van der Waals surface area contributed by atoms with E-state index in [4.69, 9.17) is 5.26 Å². The Morgan fingerprint density at radius 1 is 1.36 bits per heavy atom. The zero-order chi connectivity index (χ0) is 10.7. The van der Waals surface area contributed by atoms with Crippen molar-refractivity contribution in [2.45, 2.75) is 26.7 Å². The first kappa shape index (κ1) is 10.6. The number of benzene rings is 1. The van der Waals surface area contributed by atoms with Gasteiger partial charge in [0.1, 0.15) is 0 Å². The molecule has 0 radical (unpaired) electrons. The van der Waals surface area contributed by atoms with Crippen molar-refractivity contribution in [2.24, 2.45) is 0 Å². The molecular weight excluding hydrogens is 172 g/mol. The molecule has 0 saturated heterocycles. The van der Waals surface area contributed by atoms with E-state index < -0.39 is 0 Å². The molecule has 0 saturated carbocycles. The first-order valence-corrected chi connectivity index (χ1v) is 4.80. The van der Waals surface area contributed by atoms with Crippen molar-refractivity contribution >= 4 is 5.69 Å². The van der Waals surface area contributed by atoms with Crippen LogP contribution in [0.5, 0.6) is 0 Å². The second-order valence-corrected chi connectivity index (χ2v) is 3.86. The fourth-order valence-electron chi connectivity index (χ4n) is 1.40. The Labute approximate surface area is 85.8 Å². The molecule has 0 bridgehead atoms. The molecule has 0 unspecified atom stereocenters. The summed E-state index contributed by atoms with van der Waals surface area (Å²) in [6, 6.07) is 6.27. The van der Waals surface area contributed by atoms with Crippen LogP contribution in [0, 0.1) is 18.4 Å². The standard InChI is InChI=1S/C12H16N2/c1-9(2)11-6-5-10(3)12(7-11)14(4)8-13/h5-7,9H,1-4H3. The minimum Gasteiger partial charge on any atom is -0.282 e. The molecule has 0 spiro atoms. The molecule has 0 N–H and O–H groups in total. The highest BCUT2D eigenvalue weighted by atomic mass is 15.1. The third-order valence-electron chi connectivity index (χ3n) is 2.41. The zero-order valence-corrected chi connectivity index (χ0v) is 9.20. The second-order valence-electron chi connectivity index (χ2n) is 3.86. The van der Waals surface area contributed by atoms with Crippen molar-refractivity contribution in [3.63, 3.8) is 0 Å². The Morgan fingerprint density at radius 3 is 2.50 bits per heavy atom. The van der Waals surface area contributed by atoms with Crippen LogP contribution >= 0.6 is 0 Å². The van der Waals surface area contributed by atoms with Gasteiger partial charge in [0, 0.05) is 7.05 Å². The highest BCUT2D eigenvalue weighted by Crippen LogP contribution is 2.24. The normalized spacial score (nSPS) is 10.0. The fourth-order valence-corrected chi connectivity index (χ4v) is 1.40. The van der Waals surface area contributed by atoms with Gasteiger partial charge in [-0.15, -0.1) is 0 Å². The van der Waals surface area contributed by atoms with Crippen molar-refractivity contribution in [3.8, 4) is 6.19 Å². The molecule has 2 nitrogen and oxygen atoms in total. The molecule has 0 fully saturated rings. The molecule has 1 rings (SSSR count). The summed E-state index contributed by atoms with van der Waals surface area (Å²) in [4.78, 5) is 1.60. The number of rotatable bonds is 2. The molecular formula is C12H16N2. The number of nitrogens with zero attached hydrogens (tertiary/aromatic N) is 2. The highest BCUT2D eigenvalue weighted by Gasteiger charge is 2.06. The van der Waals surface area contributed by atoms with E-state index in [9.17, 15) is 0 Å². The molecule has 0 aliphatic carbocycles. The Hall–Kier alpha value is -1.49. The van der Waals surface area contributed by atoms with Gasteiger partial charge in [0.15, 0.2) is 6.19 Å². The van der Waals surface area contributed by atoms with Gasteiger partial charge in [-0.25, -0.2) is 0 Å². The number of hydrogen-bond donors (Lipinski definition) is 0. The van der Waals surface area contributed by atoms with Crippen LogP contribution in [0.2, 0.25) is 0 Å². The maximum absolute atomic E-state index is 8.82. The number of anilines is 1. The first-order chi connectivity index (χ1) is 6.56. The molecule has 0 aromatic heterocycles. The summed E-state index contributed by atoms with van der Waals surface area (Å²) in [7, 11) is 1.78. The second kappa shape index (κ2) is 4.15. The molecule has 0 atom stereocenters. The van der Waals surface area contributed by atoms with E-state index in [1.54, 1.807) is 11.9 Å². The summed E-state index contributed by atoms with van der Waals surface area (Å²) in [6.45, 7) is 6.33. The van der Waals surface area contributed by atoms with E-state index in [0.29, 0.717) is 5.92 Å². The molecule has 1 aromatic carbocycles. The van der Waals surface area contributed by atoms with Crippen molar-refractivity contribution in [2.75, 3.05) is 11.9 Å². The summed E-state index contributed by atoms with van der Waals surface area (Å²) < 4.78 is 0. The molecule has 74 valence electrons. The molecule has 1 aromatic rings. The van der Waals surface area contributed by atoms with E-state index in [0.717, 1.165) is 11.3 Å². The summed E-state index contributed by atoms with van der Waals surface area (Å²) >= 11 is 0. The van der Waals surface area contributed by atoms with Gasteiger partial charge < -0.3 is 0 Å². The molecule has 0 aliphatic rings. The van der Waals surface area contributed by atoms with Crippen molar-refractivity contribution in [1.29, 1.82) is 5.26 Å². The average molecular weight is 188 g/mol. The van der Waals surface area contributed by atoms with E-state index in [-0.39, 0.29) is 0 Å². The predicted molar refractivity (Wildman–Crippen MR) is 59.3 cm³/mol. The lowest BCUT2D eigenvalue weighted by molar-refractivity contribution is 0.865. The first-order valence-electron chi connectivity index (χ1n) is 4.80. The van der Waals surface area contributed by atoms with Gasteiger partial charge in [0.2, 0.25) is 0 Å². The Morgan fingerprint density at radius 2 is 2.00 bits per heavy atom. The van der Waals surface area contributed by atoms with Crippen LogP contribution in [0.25, 0.3) is 0 Å². The van der Waals surface area contributed by atoms with Crippen LogP contribution in [0.1, 0.15) is 30.9 Å². The largest absolute Gasteiger partial charge is 0.282 e. The Balaban J connectivity index is 3.16. The van der Waals surface area contributed by atoms with E-state index in [1.807, 2.05) is 6.92 Å². The van der Waals surface area contributed by atoms with Crippen LogP contribution in [0.15, 0.2) is 18.2 Å². The minimum absolute atomic E-state index is 0.501. The smallest absolute Gasteiger partial charge is 0.184 e. The van der Waals surface area contributed by atoms with Crippen LogP contribution < -0.4 is 4.90 Å². The van der Waals surface area contributed by atoms with E-state index in [1.165, 1.54) is 5.56 Å². The Kier molecular flexibility index (Phi) is 3.14. The molecule has 14 heavy (non-hydrogen) atoms. The Bertz CT molecular complexity index is 361.